The highest BCUT2D eigenvalue weighted by molar-refractivity contribution is 7.78. The van der Waals surface area contributed by atoms with Crippen LogP contribution in [0.3, 0.4) is 0 Å². The quantitative estimate of drug-likeness (QED) is 0.118. The standard InChI is InChI=1S/C25H41ClN4OS/c1-8-9-10-11-12-13-14-20-28-23(29-22(26)30(20)32)27-17-15-18(24(2,3)4)21(31)19(16-17)25(5,6)7/h15-16,22,31-32H,8-14H2,1-7H3,(H,27,29). The fourth-order valence-electron chi connectivity index (χ4n) is 3.75. The van der Waals surface area contributed by atoms with Crippen LogP contribution < -0.4 is 5.32 Å². The van der Waals surface area contributed by atoms with E-state index in [0.717, 1.165) is 35.5 Å². The molecule has 1 aliphatic rings. The van der Waals surface area contributed by atoms with E-state index in [1.165, 1.54) is 32.1 Å². The number of phenolic OH excluding ortho intramolecular Hbond substituents is 1. The number of guanidine groups is 1. The third-order valence-electron chi connectivity index (χ3n) is 5.67. The monoisotopic (exact) mass is 480 g/mol. The van der Waals surface area contributed by atoms with Crippen LogP contribution in [0.4, 0.5) is 5.69 Å². The fourth-order valence-corrected chi connectivity index (χ4v) is 4.16. The Hall–Kier alpha value is -1.40. The van der Waals surface area contributed by atoms with E-state index in [2.05, 4.69) is 71.6 Å². The lowest BCUT2D eigenvalue weighted by Crippen LogP contribution is -2.35. The Morgan fingerprint density at radius 2 is 1.53 bits per heavy atom. The molecule has 1 aliphatic heterocycles. The first-order valence-corrected chi connectivity index (χ1v) is 12.6. The van der Waals surface area contributed by atoms with E-state index in [0.29, 0.717) is 11.7 Å². The molecule has 1 unspecified atom stereocenters. The molecule has 0 saturated heterocycles. The highest BCUT2D eigenvalue weighted by atomic mass is 35.5. The van der Waals surface area contributed by atoms with Gasteiger partial charge in [-0.1, -0.05) is 105 Å². The Labute approximate surface area is 205 Å². The second-order valence-corrected chi connectivity index (χ2v) is 11.5. The molecular weight excluding hydrogens is 440 g/mol. The maximum atomic E-state index is 11.0. The van der Waals surface area contributed by atoms with Gasteiger partial charge in [0.05, 0.1) is 0 Å². The second kappa shape index (κ2) is 11.1. The summed E-state index contributed by atoms with van der Waals surface area (Å²) in [5, 5.41) is 14.3. The summed E-state index contributed by atoms with van der Waals surface area (Å²) in [6, 6.07) is 3.96. The maximum Gasteiger partial charge on any atom is 0.227 e. The molecule has 32 heavy (non-hydrogen) atoms. The van der Waals surface area contributed by atoms with Gasteiger partial charge in [0.15, 0.2) is 0 Å². The molecule has 1 aromatic carbocycles. The Morgan fingerprint density at radius 1 is 1.00 bits per heavy atom. The summed E-state index contributed by atoms with van der Waals surface area (Å²) in [5.74, 6) is 1.65. The van der Waals surface area contributed by atoms with Crippen LogP contribution in [-0.2, 0) is 10.8 Å². The van der Waals surface area contributed by atoms with Gasteiger partial charge in [-0.25, -0.2) is 4.99 Å². The summed E-state index contributed by atoms with van der Waals surface area (Å²) in [4.78, 5) is 9.16. The zero-order valence-corrected chi connectivity index (χ0v) is 22.4. The van der Waals surface area contributed by atoms with E-state index in [-0.39, 0.29) is 10.8 Å². The number of halogens is 1. The molecule has 7 heteroatoms. The van der Waals surface area contributed by atoms with Crippen LogP contribution in [0.1, 0.15) is 105 Å². The lowest BCUT2D eigenvalue weighted by atomic mass is 9.79. The molecule has 0 saturated carbocycles. The van der Waals surface area contributed by atoms with E-state index in [4.69, 9.17) is 16.6 Å². The van der Waals surface area contributed by atoms with Crippen molar-refractivity contribution in [1.82, 2.24) is 4.31 Å². The number of aliphatic imine (C=N–C) groups is 2. The van der Waals surface area contributed by atoms with E-state index in [1.807, 2.05) is 12.1 Å². The summed E-state index contributed by atoms with van der Waals surface area (Å²) < 4.78 is 1.64. The predicted molar refractivity (Wildman–Crippen MR) is 142 cm³/mol. The lowest BCUT2D eigenvalue weighted by Gasteiger charge is -2.29. The molecule has 0 amide bonds. The first kappa shape index (κ1) is 26.8. The van der Waals surface area contributed by atoms with Crippen molar-refractivity contribution in [1.29, 1.82) is 0 Å². The summed E-state index contributed by atoms with van der Waals surface area (Å²) in [6.45, 7) is 14.8. The number of amidine groups is 1. The first-order chi connectivity index (χ1) is 14.8. The van der Waals surface area contributed by atoms with Crippen molar-refractivity contribution in [2.24, 2.45) is 9.98 Å². The van der Waals surface area contributed by atoms with Crippen LogP contribution in [0.2, 0.25) is 0 Å². The van der Waals surface area contributed by atoms with Gasteiger partial charge >= 0.3 is 0 Å². The Bertz CT molecular complexity index is 804. The number of nitrogens with zero attached hydrogens (tertiary/aromatic N) is 3. The molecule has 180 valence electrons. The average Bonchev–Trinajstić information content (AvgIpc) is 2.67. The number of thiol groups is 1. The van der Waals surface area contributed by atoms with Gasteiger partial charge in [0.25, 0.3) is 0 Å². The van der Waals surface area contributed by atoms with Crippen molar-refractivity contribution < 1.29 is 5.11 Å². The molecule has 0 aromatic heterocycles. The lowest BCUT2D eigenvalue weighted by molar-refractivity contribution is 0.423. The summed E-state index contributed by atoms with van der Waals surface area (Å²) in [6.07, 6.45) is 8.12. The number of phenols is 1. The van der Waals surface area contributed by atoms with Gasteiger partial charge in [-0.2, -0.15) is 4.99 Å². The van der Waals surface area contributed by atoms with E-state index >= 15 is 0 Å². The van der Waals surface area contributed by atoms with Gasteiger partial charge in [0.2, 0.25) is 11.6 Å². The normalized spacial score (nSPS) is 17.3. The molecule has 1 heterocycles. The van der Waals surface area contributed by atoms with Crippen molar-refractivity contribution in [2.45, 2.75) is 110 Å². The molecule has 1 aromatic rings. The van der Waals surface area contributed by atoms with Crippen molar-refractivity contribution in [2.75, 3.05) is 5.32 Å². The van der Waals surface area contributed by atoms with Crippen molar-refractivity contribution in [3.05, 3.63) is 23.3 Å². The van der Waals surface area contributed by atoms with E-state index in [9.17, 15) is 5.11 Å². The molecule has 0 aliphatic carbocycles. The number of hydrogen-bond acceptors (Lipinski definition) is 6. The fraction of sp³-hybridized carbons (Fsp3) is 0.680. The molecule has 2 N–H and O–H groups in total. The van der Waals surface area contributed by atoms with Crippen LogP contribution in [0.25, 0.3) is 0 Å². The molecule has 2 rings (SSSR count). The smallest absolute Gasteiger partial charge is 0.227 e. The number of benzene rings is 1. The Morgan fingerprint density at radius 3 is 2.06 bits per heavy atom. The average molecular weight is 481 g/mol. The molecule has 0 spiro atoms. The molecule has 0 radical (unpaired) electrons. The zero-order valence-electron chi connectivity index (χ0n) is 20.8. The third kappa shape index (κ3) is 7.31. The zero-order chi connectivity index (χ0) is 24.1. The summed E-state index contributed by atoms with van der Waals surface area (Å²) in [5.41, 5.74) is 1.58. The first-order valence-electron chi connectivity index (χ1n) is 11.8. The van der Waals surface area contributed by atoms with Gasteiger partial charge in [-0.3, -0.25) is 4.31 Å². The van der Waals surface area contributed by atoms with Crippen LogP contribution in [0, 0.1) is 0 Å². The van der Waals surface area contributed by atoms with Gasteiger partial charge < -0.3 is 10.4 Å². The van der Waals surface area contributed by atoms with E-state index in [1.54, 1.807) is 4.31 Å². The van der Waals surface area contributed by atoms with Crippen LogP contribution >= 0.6 is 24.4 Å². The summed E-state index contributed by atoms with van der Waals surface area (Å²) in [7, 11) is 0. The van der Waals surface area contributed by atoms with Gasteiger partial charge in [0.1, 0.15) is 11.6 Å². The molecule has 5 nitrogen and oxygen atoms in total. The summed E-state index contributed by atoms with van der Waals surface area (Å²) >= 11 is 10.9. The second-order valence-electron chi connectivity index (χ2n) is 10.7. The maximum absolute atomic E-state index is 11.0. The third-order valence-corrected chi connectivity index (χ3v) is 6.54. The van der Waals surface area contributed by atoms with Gasteiger partial charge in [-0.05, 0) is 29.4 Å². The van der Waals surface area contributed by atoms with E-state index < -0.39 is 5.62 Å². The SMILES string of the molecule is CCCCCCCCC1=NC(Nc2cc(C(C)(C)C)c(O)c(C(C)(C)C)c2)=NC(Cl)N1S. The minimum atomic E-state index is -0.616. The Balaban J connectivity index is 2.24. The number of unbranched alkanes of at least 4 members (excludes halogenated alkanes) is 5. The molecular formula is C25H41ClN4OS. The predicted octanol–water partition coefficient (Wildman–Crippen LogP) is 7.59. The minimum Gasteiger partial charge on any atom is -0.507 e. The largest absolute Gasteiger partial charge is 0.507 e. The topological polar surface area (TPSA) is 60.2 Å². The van der Waals surface area contributed by atoms with Gasteiger partial charge in [0, 0.05) is 23.2 Å². The molecule has 0 bridgehead atoms. The Kier molecular flexibility index (Phi) is 9.35. The minimum absolute atomic E-state index is 0.209. The van der Waals surface area contributed by atoms with Crippen LogP contribution in [0.5, 0.6) is 5.75 Å². The highest BCUT2D eigenvalue weighted by Crippen LogP contribution is 2.41. The van der Waals surface area contributed by atoms with Crippen molar-refractivity contribution in [3.8, 4) is 5.75 Å². The number of rotatable bonds is 8. The molecule has 1 atom stereocenters. The number of aromatic hydroxyl groups is 1. The number of nitrogens with one attached hydrogen (secondary N) is 1. The van der Waals surface area contributed by atoms with Crippen molar-refractivity contribution >= 4 is 41.9 Å². The van der Waals surface area contributed by atoms with Crippen LogP contribution in [-0.4, -0.2) is 26.8 Å². The molecule has 0 fully saturated rings. The van der Waals surface area contributed by atoms with Crippen LogP contribution in [0.15, 0.2) is 22.1 Å². The van der Waals surface area contributed by atoms with Gasteiger partial charge in [-0.15, -0.1) is 0 Å². The number of hydrogen-bond donors (Lipinski definition) is 3. The highest BCUT2D eigenvalue weighted by Gasteiger charge is 2.28. The van der Waals surface area contributed by atoms with Crippen molar-refractivity contribution in [3.63, 3.8) is 0 Å². The number of alkyl halides is 1. The number of anilines is 1.